The molecule has 22 heavy (non-hydrogen) atoms. The molecule has 1 N–H and O–H groups in total. The third-order valence-electron chi connectivity index (χ3n) is 3.36. The SMILES string of the molecule is CN(C(=O)c1ccc(F)c(F)c1F)c1ccc2nc[nH]c2c1. The van der Waals surface area contributed by atoms with E-state index < -0.39 is 28.9 Å². The lowest BCUT2D eigenvalue weighted by Gasteiger charge is -2.18. The van der Waals surface area contributed by atoms with Gasteiger partial charge in [0.15, 0.2) is 17.5 Å². The molecule has 1 heterocycles. The number of carbonyl (C=O) groups is 1. The van der Waals surface area contributed by atoms with Crippen molar-refractivity contribution in [2.75, 3.05) is 11.9 Å². The summed E-state index contributed by atoms with van der Waals surface area (Å²) in [6.45, 7) is 0. The topological polar surface area (TPSA) is 49.0 Å². The molecule has 0 aliphatic heterocycles. The van der Waals surface area contributed by atoms with Crippen LogP contribution >= 0.6 is 0 Å². The molecular weight excluding hydrogens is 295 g/mol. The summed E-state index contributed by atoms with van der Waals surface area (Å²) in [5.74, 6) is -5.28. The number of rotatable bonds is 2. The van der Waals surface area contributed by atoms with Crippen LogP contribution in [0.2, 0.25) is 0 Å². The van der Waals surface area contributed by atoms with Crippen LogP contribution in [-0.2, 0) is 0 Å². The van der Waals surface area contributed by atoms with Crippen molar-refractivity contribution in [2.24, 2.45) is 0 Å². The summed E-state index contributed by atoms with van der Waals surface area (Å²) in [6, 6.07) is 6.60. The number of H-pyrrole nitrogens is 1. The molecular formula is C15H10F3N3O. The van der Waals surface area contributed by atoms with Crippen molar-refractivity contribution in [1.29, 1.82) is 0 Å². The zero-order chi connectivity index (χ0) is 15.9. The minimum absolute atomic E-state index is 0.464. The van der Waals surface area contributed by atoms with Crippen LogP contribution < -0.4 is 4.90 Å². The molecule has 0 bridgehead atoms. The maximum Gasteiger partial charge on any atom is 0.261 e. The van der Waals surface area contributed by atoms with Gasteiger partial charge in [-0.2, -0.15) is 0 Å². The number of amides is 1. The number of imidazole rings is 1. The number of nitrogens with zero attached hydrogens (tertiary/aromatic N) is 2. The molecule has 7 heteroatoms. The van der Waals surface area contributed by atoms with E-state index in [9.17, 15) is 18.0 Å². The number of aromatic amines is 1. The molecule has 0 spiro atoms. The molecule has 3 aromatic rings. The zero-order valence-corrected chi connectivity index (χ0v) is 11.4. The predicted octanol–water partition coefficient (Wildman–Crippen LogP) is 3.26. The molecule has 0 radical (unpaired) electrons. The van der Waals surface area contributed by atoms with Crippen LogP contribution in [-0.4, -0.2) is 22.9 Å². The highest BCUT2D eigenvalue weighted by Gasteiger charge is 2.22. The Morgan fingerprint density at radius 3 is 2.68 bits per heavy atom. The molecule has 0 aliphatic rings. The second-order valence-corrected chi connectivity index (χ2v) is 4.69. The van der Waals surface area contributed by atoms with Gasteiger partial charge in [0.05, 0.1) is 22.9 Å². The van der Waals surface area contributed by atoms with Crippen LogP contribution in [0.15, 0.2) is 36.7 Å². The lowest BCUT2D eigenvalue weighted by Crippen LogP contribution is -2.27. The first kappa shape index (κ1) is 14.1. The van der Waals surface area contributed by atoms with Gasteiger partial charge in [0.2, 0.25) is 0 Å². The predicted molar refractivity (Wildman–Crippen MR) is 75.1 cm³/mol. The molecule has 2 aromatic carbocycles. The lowest BCUT2D eigenvalue weighted by molar-refractivity contribution is 0.0988. The summed E-state index contributed by atoms with van der Waals surface area (Å²) < 4.78 is 39.9. The summed E-state index contributed by atoms with van der Waals surface area (Å²) in [4.78, 5) is 20.4. The fourth-order valence-electron chi connectivity index (χ4n) is 2.12. The standard InChI is InChI=1S/C15H10F3N3O/c1-21(8-2-5-11-12(6-8)20-7-19-11)15(22)9-3-4-10(16)14(18)13(9)17/h2-7H,1H3,(H,19,20). The van der Waals surface area contributed by atoms with Gasteiger partial charge in [-0.15, -0.1) is 0 Å². The average Bonchev–Trinajstić information content (AvgIpc) is 2.99. The molecule has 0 fully saturated rings. The Morgan fingerprint density at radius 1 is 1.14 bits per heavy atom. The van der Waals surface area contributed by atoms with E-state index in [1.54, 1.807) is 18.2 Å². The number of hydrogen-bond acceptors (Lipinski definition) is 2. The van der Waals surface area contributed by atoms with Crippen LogP contribution in [0.5, 0.6) is 0 Å². The fourth-order valence-corrected chi connectivity index (χ4v) is 2.12. The van der Waals surface area contributed by atoms with Gasteiger partial charge in [-0.1, -0.05) is 0 Å². The lowest BCUT2D eigenvalue weighted by atomic mass is 10.1. The van der Waals surface area contributed by atoms with E-state index in [4.69, 9.17) is 0 Å². The van der Waals surface area contributed by atoms with Gasteiger partial charge in [-0.25, -0.2) is 18.2 Å². The number of aromatic nitrogens is 2. The largest absolute Gasteiger partial charge is 0.345 e. The summed E-state index contributed by atoms with van der Waals surface area (Å²) in [6.07, 6.45) is 1.51. The highest BCUT2D eigenvalue weighted by Crippen LogP contribution is 2.22. The van der Waals surface area contributed by atoms with Gasteiger partial charge in [-0.05, 0) is 30.3 Å². The second-order valence-electron chi connectivity index (χ2n) is 4.69. The average molecular weight is 305 g/mol. The maximum absolute atomic E-state index is 13.7. The number of carbonyl (C=O) groups excluding carboxylic acids is 1. The van der Waals surface area contributed by atoms with Crippen LogP contribution in [0.3, 0.4) is 0 Å². The van der Waals surface area contributed by atoms with Crippen molar-refractivity contribution in [1.82, 2.24) is 9.97 Å². The number of hydrogen-bond donors (Lipinski definition) is 1. The third-order valence-corrected chi connectivity index (χ3v) is 3.36. The first-order chi connectivity index (χ1) is 10.5. The summed E-state index contributed by atoms with van der Waals surface area (Å²) >= 11 is 0. The van der Waals surface area contributed by atoms with E-state index in [0.717, 1.165) is 17.0 Å². The van der Waals surface area contributed by atoms with Crippen molar-refractivity contribution in [3.63, 3.8) is 0 Å². The molecule has 3 rings (SSSR count). The van der Waals surface area contributed by atoms with Crippen molar-refractivity contribution >= 4 is 22.6 Å². The van der Waals surface area contributed by atoms with Gasteiger partial charge >= 0.3 is 0 Å². The van der Waals surface area contributed by atoms with Crippen LogP contribution in [0, 0.1) is 17.5 Å². The molecule has 0 saturated heterocycles. The Bertz CT molecular complexity index is 876. The summed E-state index contributed by atoms with van der Waals surface area (Å²) in [5, 5.41) is 0. The van der Waals surface area contributed by atoms with E-state index >= 15 is 0 Å². The highest BCUT2D eigenvalue weighted by atomic mass is 19.2. The Labute approximate surface area is 123 Å². The van der Waals surface area contributed by atoms with Gasteiger partial charge in [0.1, 0.15) is 0 Å². The quantitative estimate of drug-likeness (QED) is 0.739. The molecule has 0 unspecified atom stereocenters. The van der Waals surface area contributed by atoms with Crippen LogP contribution in [0.1, 0.15) is 10.4 Å². The minimum Gasteiger partial charge on any atom is -0.345 e. The number of nitrogens with one attached hydrogen (secondary N) is 1. The molecule has 1 aromatic heterocycles. The van der Waals surface area contributed by atoms with Gasteiger partial charge in [0.25, 0.3) is 5.91 Å². The van der Waals surface area contributed by atoms with Crippen LogP contribution in [0.4, 0.5) is 18.9 Å². The second kappa shape index (κ2) is 5.18. The van der Waals surface area contributed by atoms with E-state index in [2.05, 4.69) is 9.97 Å². The Kier molecular flexibility index (Phi) is 3.32. The normalized spacial score (nSPS) is 10.9. The number of anilines is 1. The van der Waals surface area contributed by atoms with Gasteiger partial charge in [-0.3, -0.25) is 4.79 Å². The number of benzene rings is 2. The van der Waals surface area contributed by atoms with E-state index in [1.807, 2.05) is 0 Å². The van der Waals surface area contributed by atoms with E-state index in [1.165, 1.54) is 13.4 Å². The number of fused-ring (bicyclic) bond motifs is 1. The van der Waals surface area contributed by atoms with Crippen molar-refractivity contribution in [3.8, 4) is 0 Å². The Morgan fingerprint density at radius 2 is 1.91 bits per heavy atom. The van der Waals surface area contributed by atoms with E-state index in [0.29, 0.717) is 16.7 Å². The highest BCUT2D eigenvalue weighted by molar-refractivity contribution is 6.06. The molecule has 0 aliphatic carbocycles. The van der Waals surface area contributed by atoms with Crippen molar-refractivity contribution in [3.05, 3.63) is 59.7 Å². The smallest absolute Gasteiger partial charge is 0.261 e. The van der Waals surface area contributed by atoms with Gasteiger partial charge < -0.3 is 9.88 Å². The fraction of sp³-hybridized carbons (Fsp3) is 0.0667. The summed E-state index contributed by atoms with van der Waals surface area (Å²) in [5.41, 5.74) is 1.34. The van der Waals surface area contributed by atoms with Crippen molar-refractivity contribution in [2.45, 2.75) is 0 Å². The monoisotopic (exact) mass is 305 g/mol. The molecule has 1 amide bonds. The minimum atomic E-state index is -1.66. The van der Waals surface area contributed by atoms with Crippen LogP contribution in [0.25, 0.3) is 11.0 Å². The van der Waals surface area contributed by atoms with Gasteiger partial charge in [0, 0.05) is 12.7 Å². The number of halogens is 3. The molecule has 0 atom stereocenters. The molecule has 112 valence electrons. The first-order valence-corrected chi connectivity index (χ1v) is 6.33. The van der Waals surface area contributed by atoms with E-state index in [-0.39, 0.29) is 0 Å². The Balaban J connectivity index is 1.99. The Hall–Kier alpha value is -2.83. The maximum atomic E-state index is 13.7. The van der Waals surface area contributed by atoms with Crippen molar-refractivity contribution < 1.29 is 18.0 Å². The molecule has 0 saturated carbocycles. The summed E-state index contributed by atoms with van der Waals surface area (Å²) in [7, 11) is 1.42. The third kappa shape index (κ3) is 2.20. The zero-order valence-electron chi connectivity index (χ0n) is 11.4. The first-order valence-electron chi connectivity index (χ1n) is 6.33. The molecule has 4 nitrogen and oxygen atoms in total.